The van der Waals surface area contributed by atoms with E-state index in [0.29, 0.717) is 11.8 Å². The van der Waals surface area contributed by atoms with Gasteiger partial charge in [-0.05, 0) is 73.2 Å². The van der Waals surface area contributed by atoms with Crippen molar-refractivity contribution in [1.29, 1.82) is 0 Å². The molecule has 2 N–H and O–H groups in total. The fraction of sp³-hybridized carbons (Fsp3) is 0.320. The van der Waals surface area contributed by atoms with Crippen molar-refractivity contribution in [1.82, 2.24) is 29.7 Å². The zero-order valence-corrected chi connectivity index (χ0v) is 33.6. The fourth-order valence-electron chi connectivity index (χ4n) is 8.45. The summed E-state index contributed by atoms with van der Waals surface area (Å²) in [5.74, 6) is 0.653. The molecule has 0 bridgehead atoms. The number of unbranched alkanes of at least 4 members (excludes halogenated alkanes) is 3. The maximum absolute atomic E-state index is 5.26. The number of para-hydroxylation sites is 2. The van der Waals surface area contributed by atoms with E-state index in [2.05, 4.69) is 169 Å². The Morgan fingerprint density at radius 3 is 1.27 bits per heavy atom. The Bertz CT molecular complexity index is 2370. The minimum Gasteiger partial charge on any atom is -0.334 e. The standard InChI is InChI=1S/C50H56N6/c1-35(2)47-49-43(41-23-13-15-25-45(41)55(49)33-37-19-9-7-10-20-37)29-39(53-47)31-51-27-17-5-6-18-28-52-32-40-30-44-42-24-14-16-26-46(42)56(34-38-21-11-8-12-22-38)50(44)48(54-40)36(3)4/h7-16,19-26,29-30,35-36,51-52H,5-6,17-18,27-28,31-34H2,1-4H3. The molecule has 0 atom stereocenters. The summed E-state index contributed by atoms with van der Waals surface area (Å²) in [6.07, 6.45) is 4.76. The molecule has 8 aromatic rings. The fourth-order valence-corrected chi connectivity index (χ4v) is 8.45. The average molecular weight is 741 g/mol. The molecule has 0 spiro atoms. The first-order valence-electron chi connectivity index (χ1n) is 20.8. The normalized spacial score (nSPS) is 12.0. The molecule has 56 heavy (non-hydrogen) atoms. The maximum atomic E-state index is 5.26. The lowest BCUT2D eigenvalue weighted by Crippen LogP contribution is -2.17. The lowest BCUT2D eigenvalue weighted by atomic mass is 10.0. The molecule has 0 aliphatic heterocycles. The minimum atomic E-state index is 0.327. The second kappa shape index (κ2) is 17.2. The van der Waals surface area contributed by atoms with E-state index >= 15 is 0 Å². The van der Waals surface area contributed by atoms with Crippen molar-refractivity contribution in [2.24, 2.45) is 0 Å². The van der Waals surface area contributed by atoms with Gasteiger partial charge < -0.3 is 19.8 Å². The van der Waals surface area contributed by atoms with Gasteiger partial charge in [0, 0.05) is 58.8 Å². The first-order chi connectivity index (χ1) is 27.5. The molecule has 4 aromatic carbocycles. The Morgan fingerprint density at radius 2 is 0.857 bits per heavy atom. The van der Waals surface area contributed by atoms with Crippen LogP contribution in [0, 0.1) is 0 Å². The van der Waals surface area contributed by atoms with E-state index < -0.39 is 0 Å². The highest BCUT2D eigenvalue weighted by atomic mass is 15.0. The van der Waals surface area contributed by atoms with E-state index in [9.17, 15) is 0 Å². The van der Waals surface area contributed by atoms with Crippen LogP contribution in [0.5, 0.6) is 0 Å². The molecule has 6 heteroatoms. The molecule has 0 saturated heterocycles. The van der Waals surface area contributed by atoms with E-state index in [-0.39, 0.29) is 0 Å². The van der Waals surface area contributed by atoms with Gasteiger partial charge in [-0.25, -0.2) is 0 Å². The van der Waals surface area contributed by atoms with Gasteiger partial charge in [0.15, 0.2) is 0 Å². The first kappa shape index (κ1) is 37.6. The van der Waals surface area contributed by atoms with E-state index in [1.54, 1.807) is 0 Å². The van der Waals surface area contributed by atoms with Crippen molar-refractivity contribution < 1.29 is 0 Å². The number of rotatable bonds is 17. The zero-order valence-electron chi connectivity index (χ0n) is 33.6. The van der Waals surface area contributed by atoms with Gasteiger partial charge in [0.25, 0.3) is 0 Å². The Balaban J connectivity index is 0.848. The molecule has 0 saturated carbocycles. The lowest BCUT2D eigenvalue weighted by molar-refractivity contribution is 0.558. The predicted molar refractivity (Wildman–Crippen MR) is 236 cm³/mol. The van der Waals surface area contributed by atoms with Crippen molar-refractivity contribution >= 4 is 43.6 Å². The van der Waals surface area contributed by atoms with Crippen molar-refractivity contribution in [3.8, 4) is 0 Å². The topological polar surface area (TPSA) is 59.7 Å². The van der Waals surface area contributed by atoms with Crippen LogP contribution in [-0.2, 0) is 26.2 Å². The monoisotopic (exact) mass is 740 g/mol. The van der Waals surface area contributed by atoms with E-state index in [4.69, 9.17) is 9.97 Å². The molecule has 0 aliphatic carbocycles. The van der Waals surface area contributed by atoms with Gasteiger partial charge in [-0.3, -0.25) is 9.97 Å². The maximum Gasteiger partial charge on any atom is 0.0716 e. The Kier molecular flexibility index (Phi) is 11.6. The van der Waals surface area contributed by atoms with E-state index in [0.717, 1.165) is 50.7 Å². The van der Waals surface area contributed by atoms with Crippen LogP contribution in [0.4, 0.5) is 0 Å². The summed E-state index contributed by atoms with van der Waals surface area (Å²) in [7, 11) is 0. The van der Waals surface area contributed by atoms with Crippen molar-refractivity contribution in [2.75, 3.05) is 13.1 Å². The van der Waals surface area contributed by atoms with E-state index in [1.165, 1.54) is 91.8 Å². The molecule has 286 valence electrons. The van der Waals surface area contributed by atoms with Crippen LogP contribution < -0.4 is 10.6 Å². The number of nitrogens with one attached hydrogen (secondary N) is 2. The summed E-state index contributed by atoms with van der Waals surface area (Å²) in [5, 5.41) is 12.7. The van der Waals surface area contributed by atoms with Gasteiger partial charge in [-0.1, -0.05) is 138 Å². The van der Waals surface area contributed by atoms with Crippen molar-refractivity contribution in [3.63, 3.8) is 0 Å². The summed E-state index contributed by atoms with van der Waals surface area (Å²) in [6.45, 7) is 14.3. The van der Waals surface area contributed by atoms with Gasteiger partial charge in [0.05, 0.1) is 33.8 Å². The van der Waals surface area contributed by atoms with Crippen LogP contribution in [0.25, 0.3) is 43.6 Å². The Labute approximate surface area is 332 Å². The van der Waals surface area contributed by atoms with Crippen LogP contribution in [0.3, 0.4) is 0 Å². The van der Waals surface area contributed by atoms with Gasteiger partial charge >= 0.3 is 0 Å². The molecule has 6 nitrogen and oxygen atoms in total. The third-order valence-corrected chi connectivity index (χ3v) is 11.2. The number of aromatic nitrogens is 4. The number of pyridine rings is 2. The lowest BCUT2D eigenvalue weighted by Gasteiger charge is -2.15. The SMILES string of the molecule is CC(C)c1nc(CNCCCCCCNCc2cc3c4ccccc4n(Cc4ccccc4)c3c(C(C)C)n2)cc2c3ccccc3n(Cc3ccccc3)c12. The molecule has 0 amide bonds. The first-order valence-corrected chi connectivity index (χ1v) is 20.8. The summed E-state index contributed by atoms with van der Waals surface area (Å²) in [5.41, 5.74) is 12.3. The third-order valence-electron chi connectivity index (χ3n) is 11.2. The van der Waals surface area contributed by atoms with E-state index in [1.807, 2.05) is 0 Å². The molecule has 0 radical (unpaired) electrons. The number of benzene rings is 4. The van der Waals surface area contributed by atoms with Gasteiger partial charge in [0.2, 0.25) is 0 Å². The van der Waals surface area contributed by atoms with Crippen molar-refractivity contribution in [3.05, 3.63) is 155 Å². The van der Waals surface area contributed by atoms with Crippen LogP contribution in [0.2, 0.25) is 0 Å². The molecule has 4 aromatic heterocycles. The Hall–Kier alpha value is -5.30. The van der Waals surface area contributed by atoms with Gasteiger partial charge in [-0.15, -0.1) is 0 Å². The average Bonchev–Trinajstić information content (AvgIpc) is 3.70. The summed E-state index contributed by atoms with van der Waals surface area (Å²) >= 11 is 0. The highest BCUT2D eigenvalue weighted by molar-refractivity contribution is 6.10. The van der Waals surface area contributed by atoms with Crippen LogP contribution in [0.15, 0.2) is 121 Å². The second-order valence-electron chi connectivity index (χ2n) is 16.0. The van der Waals surface area contributed by atoms with Gasteiger partial charge in [0.1, 0.15) is 0 Å². The second-order valence-corrected chi connectivity index (χ2v) is 16.0. The third kappa shape index (κ3) is 8.00. The number of hydrogen-bond donors (Lipinski definition) is 2. The molecule has 0 unspecified atom stereocenters. The zero-order chi connectivity index (χ0) is 38.4. The summed E-state index contributed by atoms with van der Waals surface area (Å²) in [6, 6.07) is 43.8. The summed E-state index contributed by atoms with van der Waals surface area (Å²) in [4.78, 5) is 10.5. The highest BCUT2D eigenvalue weighted by Gasteiger charge is 2.20. The number of nitrogens with zero attached hydrogens (tertiary/aromatic N) is 4. The summed E-state index contributed by atoms with van der Waals surface area (Å²) < 4.78 is 4.94. The molecule has 4 heterocycles. The largest absolute Gasteiger partial charge is 0.334 e. The molecule has 0 fully saturated rings. The van der Waals surface area contributed by atoms with Gasteiger partial charge in [-0.2, -0.15) is 0 Å². The van der Waals surface area contributed by atoms with Crippen LogP contribution >= 0.6 is 0 Å². The highest BCUT2D eigenvalue weighted by Crippen LogP contribution is 2.36. The molecule has 0 aliphatic rings. The quantitative estimate of drug-likeness (QED) is 0.0913. The molecular weight excluding hydrogens is 685 g/mol. The predicted octanol–water partition coefficient (Wildman–Crippen LogP) is 11.5. The number of fused-ring (bicyclic) bond motifs is 6. The Morgan fingerprint density at radius 1 is 0.464 bits per heavy atom. The van der Waals surface area contributed by atoms with Crippen LogP contribution in [-0.4, -0.2) is 32.2 Å². The van der Waals surface area contributed by atoms with Crippen LogP contribution in [0.1, 0.15) is 99.1 Å². The number of hydrogen-bond acceptors (Lipinski definition) is 4. The minimum absolute atomic E-state index is 0.327. The smallest absolute Gasteiger partial charge is 0.0716 e. The molecule has 8 rings (SSSR count). The van der Waals surface area contributed by atoms with Crippen molar-refractivity contribution in [2.45, 2.75) is 91.4 Å². The molecular formula is C50H56N6.